The van der Waals surface area contributed by atoms with E-state index in [0.717, 1.165) is 50.3 Å². The van der Waals surface area contributed by atoms with E-state index in [1.54, 1.807) is 12.1 Å². The fourth-order valence-electron chi connectivity index (χ4n) is 4.39. The fourth-order valence-corrected chi connectivity index (χ4v) is 4.39. The minimum absolute atomic E-state index is 0.262. The number of rotatable bonds is 5. The molecule has 1 aromatic heterocycles. The quantitative estimate of drug-likeness (QED) is 0.885. The molecule has 27 heavy (non-hydrogen) atoms. The molecule has 2 atom stereocenters. The lowest BCUT2D eigenvalue weighted by atomic mass is 9.94. The van der Waals surface area contributed by atoms with E-state index in [1.807, 2.05) is 30.5 Å². The second kappa shape index (κ2) is 8.09. The monoisotopic (exact) mass is 365 g/mol. The molecule has 3 aliphatic heterocycles. The van der Waals surface area contributed by atoms with Crippen LogP contribution in [0.4, 0.5) is 0 Å². The molecule has 1 amide bonds. The highest BCUT2D eigenvalue weighted by molar-refractivity contribution is 5.77. The van der Waals surface area contributed by atoms with E-state index in [1.165, 1.54) is 6.42 Å². The minimum Gasteiger partial charge on any atom is -0.508 e. The van der Waals surface area contributed by atoms with E-state index in [4.69, 9.17) is 0 Å². The largest absolute Gasteiger partial charge is 0.508 e. The number of carbonyl (C=O) groups excluding carboxylic acids is 1. The molecule has 0 radical (unpaired) electrons. The number of amides is 1. The Kier molecular flexibility index (Phi) is 5.39. The second-order valence-electron chi connectivity index (χ2n) is 7.82. The molecular formula is C22H27N3O2. The predicted octanol–water partition coefficient (Wildman–Crippen LogP) is 2.84. The van der Waals surface area contributed by atoms with Gasteiger partial charge in [0.1, 0.15) is 5.75 Å². The first-order chi connectivity index (χ1) is 13.2. The Hall–Kier alpha value is -2.40. The number of fused-ring (bicyclic) bond motifs is 4. The van der Waals surface area contributed by atoms with Gasteiger partial charge in [-0.2, -0.15) is 0 Å². The van der Waals surface area contributed by atoms with Crippen molar-refractivity contribution in [3.63, 3.8) is 0 Å². The van der Waals surface area contributed by atoms with Crippen LogP contribution in [0.25, 0.3) is 0 Å². The number of aryl methyl sites for hydroxylation is 1. The number of aromatic nitrogens is 1. The maximum Gasteiger partial charge on any atom is 0.223 e. The van der Waals surface area contributed by atoms with Crippen LogP contribution in [-0.4, -0.2) is 51.5 Å². The summed E-state index contributed by atoms with van der Waals surface area (Å²) in [6, 6.07) is 13.5. The number of hydrogen-bond acceptors (Lipinski definition) is 4. The molecule has 3 aliphatic rings. The molecule has 1 N–H and O–H groups in total. The lowest BCUT2D eigenvalue weighted by molar-refractivity contribution is -0.135. The number of benzene rings is 1. The highest BCUT2D eigenvalue weighted by atomic mass is 16.3. The normalized spacial score (nSPS) is 22.6. The van der Waals surface area contributed by atoms with Gasteiger partial charge < -0.3 is 10.0 Å². The van der Waals surface area contributed by atoms with Crippen molar-refractivity contribution in [3.05, 3.63) is 59.9 Å². The third-order valence-electron chi connectivity index (χ3n) is 5.79. The Labute approximate surface area is 160 Å². The van der Waals surface area contributed by atoms with Crippen LogP contribution in [0.3, 0.4) is 0 Å². The maximum atomic E-state index is 12.9. The molecule has 5 rings (SSSR count). The van der Waals surface area contributed by atoms with Crippen molar-refractivity contribution in [1.82, 2.24) is 14.8 Å². The average molecular weight is 365 g/mol. The molecular weight excluding hydrogens is 338 g/mol. The van der Waals surface area contributed by atoms with Crippen LogP contribution < -0.4 is 0 Å². The van der Waals surface area contributed by atoms with Gasteiger partial charge in [-0.05, 0) is 55.0 Å². The van der Waals surface area contributed by atoms with Crippen LogP contribution in [-0.2, 0) is 17.8 Å². The van der Waals surface area contributed by atoms with Crippen molar-refractivity contribution in [2.45, 2.75) is 38.3 Å². The molecule has 4 heterocycles. The summed E-state index contributed by atoms with van der Waals surface area (Å²) >= 11 is 0. The number of piperidine rings is 1. The molecule has 0 spiro atoms. The van der Waals surface area contributed by atoms with Gasteiger partial charge in [0.15, 0.2) is 0 Å². The van der Waals surface area contributed by atoms with Gasteiger partial charge >= 0.3 is 0 Å². The Bertz CT molecular complexity index is 763. The summed E-state index contributed by atoms with van der Waals surface area (Å²) in [6.45, 7) is 3.74. The number of carbonyl (C=O) groups is 1. The number of hydrogen-bond donors (Lipinski definition) is 1. The Morgan fingerprint density at radius 2 is 1.93 bits per heavy atom. The first kappa shape index (κ1) is 18.0. The van der Waals surface area contributed by atoms with E-state index < -0.39 is 0 Å². The maximum absolute atomic E-state index is 12.9. The lowest BCUT2D eigenvalue weighted by Crippen LogP contribution is -2.47. The topological polar surface area (TPSA) is 56.7 Å². The number of aromatic hydroxyl groups is 1. The Morgan fingerprint density at radius 3 is 2.70 bits per heavy atom. The molecule has 0 saturated carbocycles. The average Bonchev–Trinajstić information content (AvgIpc) is 2.99. The number of pyridine rings is 1. The lowest BCUT2D eigenvalue weighted by Gasteiger charge is -2.36. The van der Waals surface area contributed by atoms with Gasteiger partial charge in [0, 0.05) is 44.8 Å². The van der Waals surface area contributed by atoms with E-state index in [2.05, 4.69) is 20.9 Å². The SMILES string of the molecule is O=C(CCc1ccc(O)cc1)N1C[C@@H]2CC[C@H]1CN(Cc1ccccn1)C2. The van der Waals surface area contributed by atoms with Crippen molar-refractivity contribution in [3.8, 4) is 5.75 Å². The smallest absolute Gasteiger partial charge is 0.223 e. The zero-order valence-corrected chi connectivity index (χ0v) is 15.6. The van der Waals surface area contributed by atoms with Gasteiger partial charge in [0.25, 0.3) is 0 Å². The molecule has 5 heteroatoms. The molecule has 1 aromatic carbocycles. The van der Waals surface area contributed by atoms with Crippen LogP contribution in [0.2, 0.25) is 0 Å². The number of phenols is 1. The van der Waals surface area contributed by atoms with Gasteiger partial charge in [-0.25, -0.2) is 0 Å². The van der Waals surface area contributed by atoms with Gasteiger partial charge in [0.2, 0.25) is 5.91 Å². The molecule has 3 fully saturated rings. The van der Waals surface area contributed by atoms with Crippen LogP contribution in [0, 0.1) is 5.92 Å². The van der Waals surface area contributed by atoms with Crippen LogP contribution in [0.1, 0.15) is 30.5 Å². The van der Waals surface area contributed by atoms with E-state index in [-0.39, 0.29) is 11.7 Å². The Morgan fingerprint density at radius 1 is 1.07 bits per heavy atom. The number of nitrogens with zero attached hydrogens (tertiary/aromatic N) is 3. The zero-order chi connectivity index (χ0) is 18.6. The molecule has 3 saturated heterocycles. The van der Waals surface area contributed by atoms with Gasteiger partial charge in [0.05, 0.1) is 5.69 Å². The van der Waals surface area contributed by atoms with Crippen molar-refractivity contribution in [1.29, 1.82) is 0 Å². The summed E-state index contributed by atoms with van der Waals surface area (Å²) in [5.41, 5.74) is 2.20. The van der Waals surface area contributed by atoms with E-state index in [9.17, 15) is 9.90 Å². The number of phenolic OH excluding ortho intramolecular Hbond substituents is 1. The van der Waals surface area contributed by atoms with E-state index in [0.29, 0.717) is 18.4 Å². The first-order valence-electron chi connectivity index (χ1n) is 9.87. The van der Waals surface area contributed by atoms with Crippen molar-refractivity contribution in [2.24, 2.45) is 5.92 Å². The summed E-state index contributed by atoms with van der Waals surface area (Å²) in [7, 11) is 0. The highest BCUT2D eigenvalue weighted by Gasteiger charge is 2.36. The third kappa shape index (κ3) is 4.48. The molecule has 0 unspecified atom stereocenters. The molecule has 2 aromatic rings. The van der Waals surface area contributed by atoms with Gasteiger partial charge in [-0.15, -0.1) is 0 Å². The van der Waals surface area contributed by atoms with Crippen LogP contribution >= 0.6 is 0 Å². The van der Waals surface area contributed by atoms with Crippen LogP contribution in [0.5, 0.6) is 5.75 Å². The summed E-state index contributed by atoms with van der Waals surface area (Å²) in [5.74, 6) is 1.09. The first-order valence-corrected chi connectivity index (χ1v) is 9.87. The molecule has 2 bridgehead atoms. The minimum atomic E-state index is 0.262. The van der Waals surface area contributed by atoms with Gasteiger partial charge in [-0.3, -0.25) is 14.7 Å². The second-order valence-corrected chi connectivity index (χ2v) is 7.82. The summed E-state index contributed by atoms with van der Waals surface area (Å²) in [6.07, 6.45) is 5.43. The zero-order valence-electron chi connectivity index (χ0n) is 15.6. The van der Waals surface area contributed by atoms with Crippen molar-refractivity contribution >= 4 is 5.91 Å². The summed E-state index contributed by atoms with van der Waals surface area (Å²) < 4.78 is 0. The molecule has 5 nitrogen and oxygen atoms in total. The standard InChI is InChI=1S/C22H27N3O2/c26-21-9-5-17(6-10-21)7-11-22(27)25-14-18-4-8-20(25)16-24(13-18)15-19-3-1-2-12-23-19/h1-3,5-6,9-10,12,18,20,26H,4,7-8,11,13-16H2/t18-,20+/m1/s1. The highest BCUT2D eigenvalue weighted by Crippen LogP contribution is 2.29. The van der Waals surface area contributed by atoms with Crippen LogP contribution in [0.15, 0.2) is 48.7 Å². The summed E-state index contributed by atoms with van der Waals surface area (Å²) in [5, 5.41) is 9.39. The van der Waals surface area contributed by atoms with Crippen molar-refractivity contribution < 1.29 is 9.90 Å². The van der Waals surface area contributed by atoms with Crippen molar-refractivity contribution in [2.75, 3.05) is 19.6 Å². The summed E-state index contributed by atoms with van der Waals surface area (Å²) in [4.78, 5) is 22.0. The molecule has 142 valence electrons. The Balaban J connectivity index is 1.36. The van der Waals surface area contributed by atoms with E-state index >= 15 is 0 Å². The van der Waals surface area contributed by atoms with Gasteiger partial charge in [-0.1, -0.05) is 18.2 Å². The fraction of sp³-hybridized carbons (Fsp3) is 0.455. The third-order valence-corrected chi connectivity index (χ3v) is 5.79. The predicted molar refractivity (Wildman–Crippen MR) is 104 cm³/mol. The molecule has 0 aliphatic carbocycles.